The van der Waals surface area contributed by atoms with Crippen molar-refractivity contribution in [3.8, 4) is 0 Å². The summed E-state index contributed by atoms with van der Waals surface area (Å²) in [6.45, 7) is 3.41. The minimum Gasteiger partial charge on any atom is -0.319 e. The van der Waals surface area contributed by atoms with Crippen LogP contribution >= 0.6 is 0 Å². The molecule has 1 saturated heterocycles. The maximum absolute atomic E-state index is 13.6. The van der Waals surface area contributed by atoms with Crippen LogP contribution in [0.15, 0.2) is 24.3 Å². The quantitative estimate of drug-likeness (QED) is 0.822. The van der Waals surface area contributed by atoms with E-state index in [2.05, 4.69) is 23.2 Å². The maximum atomic E-state index is 13.6. The molecule has 2 aliphatic carbocycles. The molecule has 1 N–H and O–H groups in total. The predicted molar refractivity (Wildman–Crippen MR) is 105 cm³/mol. The number of amides is 3. The molecule has 1 aromatic carbocycles. The lowest BCUT2D eigenvalue weighted by Gasteiger charge is -2.35. The SMILES string of the molecule is CCN(CN1C(=O)NC2(CCCCc3ccccc32)C1=O)C1CCCCC1. The van der Waals surface area contributed by atoms with Crippen LogP contribution in [0.2, 0.25) is 0 Å². The molecule has 1 atom stereocenters. The molecule has 4 rings (SSSR count). The summed E-state index contributed by atoms with van der Waals surface area (Å²) in [4.78, 5) is 30.2. The van der Waals surface area contributed by atoms with Gasteiger partial charge in [-0.1, -0.05) is 50.5 Å². The highest BCUT2D eigenvalue weighted by Gasteiger charge is 2.53. The molecule has 3 amide bonds. The zero-order chi connectivity index (χ0) is 18.9. The van der Waals surface area contributed by atoms with Crippen molar-refractivity contribution in [2.24, 2.45) is 0 Å². The molecule has 0 aromatic heterocycles. The zero-order valence-corrected chi connectivity index (χ0v) is 16.4. The minimum atomic E-state index is -0.865. The molecular weight excluding hydrogens is 338 g/mol. The molecule has 5 heteroatoms. The van der Waals surface area contributed by atoms with Crippen molar-refractivity contribution >= 4 is 11.9 Å². The van der Waals surface area contributed by atoms with Crippen molar-refractivity contribution in [3.05, 3.63) is 35.4 Å². The van der Waals surface area contributed by atoms with Gasteiger partial charge in [-0.25, -0.2) is 9.69 Å². The maximum Gasteiger partial charge on any atom is 0.326 e. The molecule has 1 aromatic rings. The van der Waals surface area contributed by atoms with E-state index in [0.717, 1.165) is 31.4 Å². The summed E-state index contributed by atoms with van der Waals surface area (Å²) < 4.78 is 0. The van der Waals surface area contributed by atoms with Crippen LogP contribution in [0.3, 0.4) is 0 Å². The summed E-state index contributed by atoms with van der Waals surface area (Å²) in [5, 5.41) is 3.11. The Bertz CT molecular complexity index is 713. The lowest BCUT2D eigenvalue weighted by Crippen LogP contribution is -2.48. The summed E-state index contributed by atoms with van der Waals surface area (Å²) in [7, 11) is 0. The molecule has 3 aliphatic rings. The second-order valence-corrected chi connectivity index (χ2v) is 8.27. The van der Waals surface area contributed by atoms with Gasteiger partial charge in [-0.15, -0.1) is 0 Å². The van der Waals surface area contributed by atoms with E-state index in [1.165, 1.54) is 42.6 Å². The van der Waals surface area contributed by atoms with Crippen molar-refractivity contribution in [2.75, 3.05) is 13.2 Å². The van der Waals surface area contributed by atoms with Crippen molar-refractivity contribution in [3.63, 3.8) is 0 Å². The lowest BCUT2D eigenvalue weighted by molar-refractivity contribution is -0.133. The summed E-state index contributed by atoms with van der Waals surface area (Å²) in [5.41, 5.74) is 1.34. The third-order valence-electron chi connectivity index (χ3n) is 6.72. The standard InChI is InChI=1S/C22H31N3O2/c1-2-24(18-12-4-3-5-13-18)16-25-20(26)22(23-21(25)27)15-9-8-11-17-10-6-7-14-19(17)22/h6-7,10,14,18H,2-5,8-9,11-13,15-16H2,1H3,(H,23,27). The van der Waals surface area contributed by atoms with E-state index in [1.807, 2.05) is 18.2 Å². The molecule has 1 saturated carbocycles. The molecule has 146 valence electrons. The first-order valence-corrected chi connectivity index (χ1v) is 10.6. The highest BCUT2D eigenvalue weighted by atomic mass is 16.2. The second-order valence-electron chi connectivity index (χ2n) is 8.27. The van der Waals surface area contributed by atoms with E-state index in [0.29, 0.717) is 19.1 Å². The minimum absolute atomic E-state index is 0.0592. The smallest absolute Gasteiger partial charge is 0.319 e. The van der Waals surface area contributed by atoms with Crippen LogP contribution in [0, 0.1) is 0 Å². The van der Waals surface area contributed by atoms with E-state index in [1.54, 1.807) is 0 Å². The Morgan fingerprint density at radius 3 is 2.67 bits per heavy atom. The number of hydrogen-bond acceptors (Lipinski definition) is 3. The Morgan fingerprint density at radius 1 is 1.11 bits per heavy atom. The van der Waals surface area contributed by atoms with E-state index in [4.69, 9.17) is 0 Å². The van der Waals surface area contributed by atoms with Gasteiger partial charge in [0, 0.05) is 6.04 Å². The number of nitrogens with one attached hydrogen (secondary N) is 1. The topological polar surface area (TPSA) is 52.6 Å². The molecule has 5 nitrogen and oxygen atoms in total. The lowest BCUT2D eigenvalue weighted by atomic mass is 9.84. The van der Waals surface area contributed by atoms with E-state index < -0.39 is 5.54 Å². The van der Waals surface area contributed by atoms with Crippen molar-refractivity contribution in [1.82, 2.24) is 15.1 Å². The highest BCUT2D eigenvalue weighted by molar-refractivity contribution is 6.07. The van der Waals surface area contributed by atoms with Gasteiger partial charge < -0.3 is 5.32 Å². The fourth-order valence-corrected chi connectivity index (χ4v) is 5.20. The summed E-state index contributed by atoms with van der Waals surface area (Å²) in [5.74, 6) is -0.0592. The van der Waals surface area contributed by atoms with Crippen molar-refractivity contribution < 1.29 is 9.59 Å². The van der Waals surface area contributed by atoms with Gasteiger partial charge in [-0.2, -0.15) is 0 Å². The van der Waals surface area contributed by atoms with Crippen LogP contribution in [0.5, 0.6) is 0 Å². The van der Waals surface area contributed by atoms with Crippen molar-refractivity contribution in [2.45, 2.75) is 76.3 Å². The number of carbonyl (C=O) groups is 2. The first kappa shape index (κ1) is 18.5. The Kier molecular flexibility index (Phi) is 5.22. The number of benzene rings is 1. The number of nitrogens with zero attached hydrogens (tertiary/aromatic N) is 2. The van der Waals surface area contributed by atoms with Gasteiger partial charge in [0.1, 0.15) is 5.54 Å². The van der Waals surface area contributed by atoms with Crippen LogP contribution in [0.1, 0.15) is 69.4 Å². The summed E-state index contributed by atoms with van der Waals surface area (Å²) >= 11 is 0. The number of hydrogen-bond donors (Lipinski definition) is 1. The molecule has 1 heterocycles. The monoisotopic (exact) mass is 369 g/mol. The molecule has 1 aliphatic heterocycles. The van der Waals surface area contributed by atoms with E-state index in [9.17, 15) is 9.59 Å². The van der Waals surface area contributed by atoms with Crippen molar-refractivity contribution in [1.29, 1.82) is 0 Å². The molecule has 0 radical (unpaired) electrons. The first-order chi connectivity index (χ1) is 13.2. The summed E-state index contributed by atoms with van der Waals surface area (Å²) in [6.07, 6.45) is 9.83. The van der Waals surface area contributed by atoms with Gasteiger partial charge in [-0.05, 0) is 56.2 Å². The Labute approximate surface area is 162 Å². The number of fused-ring (bicyclic) bond motifs is 2. The fourth-order valence-electron chi connectivity index (χ4n) is 5.20. The first-order valence-electron chi connectivity index (χ1n) is 10.6. The van der Waals surface area contributed by atoms with Gasteiger partial charge in [-0.3, -0.25) is 9.69 Å². The number of aryl methyl sites for hydroxylation is 1. The molecule has 1 spiro atoms. The van der Waals surface area contributed by atoms with E-state index in [-0.39, 0.29) is 11.9 Å². The molecule has 2 fully saturated rings. The zero-order valence-electron chi connectivity index (χ0n) is 16.4. The van der Waals surface area contributed by atoms with Crippen LogP contribution in [-0.4, -0.2) is 41.0 Å². The fraction of sp³-hybridized carbons (Fsp3) is 0.636. The van der Waals surface area contributed by atoms with Gasteiger partial charge >= 0.3 is 6.03 Å². The predicted octanol–water partition coefficient (Wildman–Crippen LogP) is 3.77. The molecule has 1 unspecified atom stereocenters. The number of rotatable bonds is 4. The number of imide groups is 1. The van der Waals surface area contributed by atoms with E-state index >= 15 is 0 Å². The third-order valence-corrected chi connectivity index (χ3v) is 6.72. The largest absolute Gasteiger partial charge is 0.326 e. The normalized spacial score (nSPS) is 26.4. The van der Waals surface area contributed by atoms with Gasteiger partial charge in [0.05, 0.1) is 6.67 Å². The molecular formula is C22H31N3O2. The number of urea groups is 1. The Hall–Kier alpha value is -1.88. The van der Waals surface area contributed by atoms with Crippen LogP contribution in [-0.2, 0) is 16.8 Å². The van der Waals surface area contributed by atoms with Crippen LogP contribution in [0.4, 0.5) is 4.79 Å². The molecule has 0 bridgehead atoms. The van der Waals surface area contributed by atoms with Gasteiger partial charge in [0.25, 0.3) is 5.91 Å². The highest BCUT2D eigenvalue weighted by Crippen LogP contribution is 2.39. The average molecular weight is 370 g/mol. The number of carbonyl (C=O) groups excluding carboxylic acids is 2. The van der Waals surface area contributed by atoms with Crippen LogP contribution in [0.25, 0.3) is 0 Å². The Balaban J connectivity index is 1.60. The van der Waals surface area contributed by atoms with Gasteiger partial charge in [0.15, 0.2) is 0 Å². The second kappa shape index (κ2) is 7.63. The summed E-state index contributed by atoms with van der Waals surface area (Å²) in [6, 6.07) is 8.40. The average Bonchev–Trinajstić information content (AvgIpc) is 2.84. The van der Waals surface area contributed by atoms with Gasteiger partial charge in [0.2, 0.25) is 0 Å². The van der Waals surface area contributed by atoms with Crippen LogP contribution < -0.4 is 5.32 Å². The molecule has 27 heavy (non-hydrogen) atoms. The Morgan fingerprint density at radius 2 is 1.89 bits per heavy atom. The third kappa shape index (κ3) is 3.27.